The van der Waals surface area contributed by atoms with Crippen LogP contribution in [0.3, 0.4) is 0 Å². The number of anilines is 1. The van der Waals surface area contributed by atoms with Crippen LogP contribution in [0.1, 0.15) is 34.8 Å². The van der Waals surface area contributed by atoms with E-state index in [0.717, 1.165) is 23.2 Å². The minimum atomic E-state index is -0.177. The van der Waals surface area contributed by atoms with Crippen LogP contribution in [0.15, 0.2) is 60.5 Å². The van der Waals surface area contributed by atoms with E-state index in [1.54, 1.807) is 11.0 Å². The summed E-state index contributed by atoms with van der Waals surface area (Å²) in [5.74, 6) is -0.283. The molecule has 1 aliphatic rings. The van der Waals surface area contributed by atoms with Crippen molar-refractivity contribution in [1.29, 1.82) is 0 Å². The zero-order chi connectivity index (χ0) is 20.4. The summed E-state index contributed by atoms with van der Waals surface area (Å²) < 4.78 is 0. The number of nitrogens with zero attached hydrogens (tertiary/aromatic N) is 2. The highest BCUT2D eigenvalue weighted by Gasteiger charge is 2.30. The largest absolute Gasteiger partial charge is 0.308 e. The number of carbonyl (C=O) groups is 2. The summed E-state index contributed by atoms with van der Waals surface area (Å²) >= 11 is 1.39. The van der Waals surface area contributed by atoms with Crippen LogP contribution in [-0.4, -0.2) is 28.2 Å². The number of rotatable bonds is 6. The van der Waals surface area contributed by atoms with Gasteiger partial charge < -0.3 is 10.2 Å². The lowest BCUT2D eigenvalue weighted by atomic mass is 10.1. The minimum Gasteiger partial charge on any atom is -0.308 e. The lowest BCUT2D eigenvalue weighted by Crippen LogP contribution is -2.27. The van der Waals surface area contributed by atoms with Crippen LogP contribution >= 0.6 is 11.3 Å². The first kappa shape index (κ1) is 19.1. The van der Waals surface area contributed by atoms with Crippen molar-refractivity contribution in [3.63, 3.8) is 0 Å². The summed E-state index contributed by atoms with van der Waals surface area (Å²) in [6, 6.07) is 15.6. The van der Waals surface area contributed by atoms with Gasteiger partial charge in [-0.15, -0.1) is 11.3 Å². The fourth-order valence-corrected chi connectivity index (χ4v) is 4.08. The topological polar surface area (TPSA) is 62.3 Å². The summed E-state index contributed by atoms with van der Waals surface area (Å²) in [6.07, 6.45) is 1.18. The SMILES string of the molecule is C=C1c2ccccc2C(=O)N1CCC(=O)Nc1nc(-c2ccc(CC)cc2)cs1. The van der Waals surface area contributed by atoms with Crippen molar-refractivity contribution in [1.82, 2.24) is 9.88 Å². The van der Waals surface area contributed by atoms with E-state index in [1.807, 2.05) is 35.7 Å². The van der Waals surface area contributed by atoms with Gasteiger partial charge in [-0.2, -0.15) is 0 Å². The van der Waals surface area contributed by atoms with Gasteiger partial charge in [0.05, 0.1) is 5.69 Å². The number of aromatic nitrogens is 1. The highest BCUT2D eigenvalue weighted by Crippen LogP contribution is 2.31. The molecule has 6 heteroatoms. The second-order valence-corrected chi connectivity index (χ2v) is 7.69. The number of carbonyl (C=O) groups excluding carboxylic acids is 2. The molecule has 146 valence electrons. The van der Waals surface area contributed by atoms with Crippen molar-refractivity contribution in [2.75, 3.05) is 11.9 Å². The molecular formula is C23H21N3O2S. The van der Waals surface area contributed by atoms with E-state index < -0.39 is 0 Å². The third-order valence-corrected chi connectivity index (χ3v) is 5.77. The predicted octanol–water partition coefficient (Wildman–Crippen LogP) is 4.83. The average Bonchev–Trinajstić information content (AvgIpc) is 3.30. The zero-order valence-electron chi connectivity index (χ0n) is 16.1. The Morgan fingerprint density at radius 1 is 1.14 bits per heavy atom. The summed E-state index contributed by atoms with van der Waals surface area (Å²) in [4.78, 5) is 30.9. The second-order valence-electron chi connectivity index (χ2n) is 6.84. The van der Waals surface area contributed by atoms with Crippen LogP contribution in [0.25, 0.3) is 17.0 Å². The normalized spacial score (nSPS) is 12.9. The molecule has 0 saturated heterocycles. The molecule has 5 nitrogen and oxygen atoms in total. The molecule has 0 atom stereocenters. The molecule has 2 heterocycles. The highest BCUT2D eigenvalue weighted by atomic mass is 32.1. The standard InChI is InChI=1S/C23H21N3O2S/c1-3-16-8-10-17(11-9-16)20-14-29-23(24-20)25-21(27)12-13-26-15(2)18-6-4-5-7-19(18)22(26)28/h4-11,14H,2-3,12-13H2,1H3,(H,24,25,27). The third kappa shape index (κ3) is 3.84. The van der Waals surface area contributed by atoms with E-state index >= 15 is 0 Å². The van der Waals surface area contributed by atoms with Gasteiger partial charge in [-0.1, -0.05) is 56.0 Å². The van der Waals surface area contributed by atoms with Crippen molar-refractivity contribution in [3.05, 3.63) is 77.2 Å². The molecule has 0 fully saturated rings. The number of hydrogen-bond donors (Lipinski definition) is 1. The molecule has 29 heavy (non-hydrogen) atoms. The molecule has 0 unspecified atom stereocenters. The highest BCUT2D eigenvalue weighted by molar-refractivity contribution is 7.14. The Kier molecular flexibility index (Phi) is 5.27. The van der Waals surface area contributed by atoms with Crippen LogP contribution in [0.5, 0.6) is 0 Å². The van der Waals surface area contributed by atoms with E-state index in [0.29, 0.717) is 16.4 Å². The van der Waals surface area contributed by atoms with Gasteiger partial charge in [0.1, 0.15) is 0 Å². The van der Waals surface area contributed by atoms with Crippen molar-refractivity contribution in [3.8, 4) is 11.3 Å². The number of hydrogen-bond acceptors (Lipinski definition) is 4. The van der Waals surface area contributed by atoms with E-state index in [1.165, 1.54) is 16.9 Å². The summed E-state index contributed by atoms with van der Waals surface area (Å²) in [5, 5.41) is 5.31. The van der Waals surface area contributed by atoms with Gasteiger partial charge in [0, 0.05) is 40.7 Å². The monoisotopic (exact) mass is 403 g/mol. The van der Waals surface area contributed by atoms with E-state index in [2.05, 4.69) is 35.9 Å². The number of nitrogens with one attached hydrogen (secondary N) is 1. The first-order valence-corrected chi connectivity index (χ1v) is 10.4. The molecule has 0 spiro atoms. The quantitative estimate of drug-likeness (QED) is 0.641. The van der Waals surface area contributed by atoms with Gasteiger partial charge in [-0.25, -0.2) is 4.98 Å². The summed E-state index contributed by atoms with van der Waals surface area (Å²) in [7, 11) is 0. The molecule has 0 radical (unpaired) electrons. The van der Waals surface area contributed by atoms with Crippen LogP contribution in [-0.2, 0) is 11.2 Å². The fourth-order valence-electron chi connectivity index (χ4n) is 3.34. The second kappa shape index (κ2) is 8.01. The molecular weight excluding hydrogens is 382 g/mol. The molecule has 2 aromatic carbocycles. The number of aryl methyl sites for hydroxylation is 1. The fraction of sp³-hybridized carbons (Fsp3) is 0.174. The lowest BCUT2D eigenvalue weighted by molar-refractivity contribution is -0.116. The average molecular weight is 404 g/mol. The van der Waals surface area contributed by atoms with Crippen LogP contribution in [0.2, 0.25) is 0 Å². The number of amides is 2. The number of benzene rings is 2. The smallest absolute Gasteiger partial charge is 0.258 e. The van der Waals surface area contributed by atoms with Gasteiger partial charge in [-0.05, 0) is 18.1 Å². The maximum absolute atomic E-state index is 12.5. The summed E-state index contributed by atoms with van der Waals surface area (Å²) in [6.45, 7) is 6.41. The van der Waals surface area contributed by atoms with Gasteiger partial charge in [0.25, 0.3) is 5.91 Å². The van der Waals surface area contributed by atoms with Gasteiger partial charge >= 0.3 is 0 Å². The van der Waals surface area contributed by atoms with Gasteiger partial charge in [-0.3, -0.25) is 9.59 Å². The Balaban J connectivity index is 1.35. The Bertz CT molecular complexity index is 1050. The Hall–Kier alpha value is -3.25. The van der Waals surface area contributed by atoms with Crippen LogP contribution in [0, 0.1) is 0 Å². The Morgan fingerprint density at radius 2 is 1.86 bits per heavy atom. The van der Waals surface area contributed by atoms with Crippen LogP contribution < -0.4 is 5.32 Å². The maximum Gasteiger partial charge on any atom is 0.258 e. The molecule has 1 aromatic heterocycles. The van der Waals surface area contributed by atoms with Crippen molar-refractivity contribution < 1.29 is 9.59 Å². The van der Waals surface area contributed by atoms with Crippen LogP contribution in [0.4, 0.5) is 5.13 Å². The zero-order valence-corrected chi connectivity index (χ0v) is 17.0. The van der Waals surface area contributed by atoms with Crippen molar-refractivity contribution >= 4 is 34.0 Å². The first-order chi connectivity index (χ1) is 14.1. The molecule has 1 N–H and O–H groups in total. The molecule has 0 bridgehead atoms. The Morgan fingerprint density at radius 3 is 2.55 bits per heavy atom. The first-order valence-electron chi connectivity index (χ1n) is 9.51. The van der Waals surface area contributed by atoms with E-state index in [-0.39, 0.29) is 24.8 Å². The molecule has 0 saturated carbocycles. The molecule has 2 amide bonds. The summed E-state index contributed by atoms with van der Waals surface area (Å²) in [5.41, 5.74) is 5.25. The molecule has 3 aromatic rings. The van der Waals surface area contributed by atoms with Gasteiger partial charge in [0.15, 0.2) is 5.13 Å². The van der Waals surface area contributed by atoms with E-state index in [4.69, 9.17) is 0 Å². The van der Waals surface area contributed by atoms with Crippen molar-refractivity contribution in [2.45, 2.75) is 19.8 Å². The third-order valence-electron chi connectivity index (χ3n) is 5.01. The lowest BCUT2D eigenvalue weighted by Gasteiger charge is -2.16. The molecule has 0 aliphatic carbocycles. The molecule has 1 aliphatic heterocycles. The minimum absolute atomic E-state index is 0.106. The predicted molar refractivity (Wildman–Crippen MR) is 117 cm³/mol. The van der Waals surface area contributed by atoms with Crippen molar-refractivity contribution in [2.24, 2.45) is 0 Å². The van der Waals surface area contributed by atoms with Gasteiger partial charge in [0.2, 0.25) is 5.91 Å². The van der Waals surface area contributed by atoms with E-state index in [9.17, 15) is 9.59 Å². The number of thiazole rings is 1. The maximum atomic E-state index is 12.5. The Labute approximate surface area is 173 Å². The number of fused-ring (bicyclic) bond motifs is 1. The molecule has 4 rings (SSSR count).